The Bertz CT molecular complexity index is 576. The summed E-state index contributed by atoms with van der Waals surface area (Å²) in [5, 5.41) is 12.2. The average Bonchev–Trinajstić information content (AvgIpc) is 3.03. The Morgan fingerprint density at radius 3 is 2.73 bits per heavy atom. The van der Waals surface area contributed by atoms with E-state index >= 15 is 0 Å². The van der Waals surface area contributed by atoms with Crippen LogP contribution in [0.2, 0.25) is 0 Å². The van der Waals surface area contributed by atoms with Crippen molar-refractivity contribution in [2.75, 3.05) is 13.1 Å². The Morgan fingerprint density at radius 1 is 1.45 bits per heavy atom. The minimum Gasteiger partial charge on any atom is -0.481 e. The lowest BCUT2D eigenvalue weighted by Gasteiger charge is -2.32. The lowest BCUT2D eigenvalue weighted by Crippen LogP contribution is -2.39. The highest BCUT2D eigenvalue weighted by Crippen LogP contribution is 2.59. The van der Waals surface area contributed by atoms with Crippen LogP contribution in [-0.4, -0.2) is 40.0 Å². The number of amides is 1. The molecular weight excluding hydrogens is 300 g/mol. The van der Waals surface area contributed by atoms with Crippen molar-refractivity contribution in [2.45, 2.75) is 45.4 Å². The zero-order valence-electron chi connectivity index (χ0n) is 12.9. The molecule has 1 spiro atoms. The van der Waals surface area contributed by atoms with Gasteiger partial charge in [0.15, 0.2) is 0 Å². The zero-order valence-corrected chi connectivity index (χ0v) is 13.7. The molecule has 1 aliphatic heterocycles. The molecule has 0 aromatic carbocycles. The second-order valence-corrected chi connectivity index (χ2v) is 7.61. The monoisotopic (exact) mass is 322 g/mol. The largest absolute Gasteiger partial charge is 0.481 e. The summed E-state index contributed by atoms with van der Waals surface area (Å²) >= 11 is 1.65. The minimum atomic E-state index is -0.668. The summed E-state index contributed by atoms with van der Waals surface area (Å²) in [5.74, 6) is -0.634. The smallest absolute Gasteiger partial charge is 0.307 e. The second kappa shape index (κ2) is 5.99. The van der Waals surface area contributed by atoms with Crippen molar-refractivity contribution in [3.63, 3.8) is 0 Å². The predicted octanol–water partition coefficient (Wildman–Crippen LogP) is 2.49. The molecule has 120 valence electrons. The number of carbonyl (C=O) groups is 2. The molecule has 1 atom stereocenters. The summed E-state index contributed by atoms with van der Waals surface area (Å²) < 4.78 is 0. The van der Waals surface area contributed by atoms with Crippen LogP contribution >= 0.6 is 11.3 Å². The minimum absolute atomic E-state index is 0.000731. The molecule has 2 aliphatic rings. The van der Waals surface area contributed by atoms with Gasteiger partial charge in [-0.15, -0.1) is 11.3 Å². The van der Waals surface area contributed by atoms with Crippen LogP contribution in [0.25, 0.3) is 0 Å². The molecule has 2 fully saturated rings. The van der Waals surface area contributed by atoms with Crippen LogP contribution in [0, 0.1) is 18.3 Å². The van der Waals surface area contributed by atoms with Crippen molar-refractivity contribution in [3.8, 4) is 0 Å². The molecule has 6 heteroatoms. The Balaban J connectivity index is 1.40. The van der Waals surface area contributed by atoms with Crippen molar-refractivity contribution in [2.24, 2.45) is 11.3 Å². The number of likely N-dealkylation sites (tertiary alicyclic amines) is 1. The first kappa shape index (κ1) is 15.5. The molecular formula is C16H22N2O3S. The molecule has 3 rings (SSSR count). The third-order valence-corrected chi connectivity index (χ3v) is 5.91. The number of piperidine rings is 1. The molecule has 5 nitrogen and oxygen atoms in total. The number of carbonyl (C=O) groups excluding carboxylic acids is 1. The summed E-state index contributed by atoms with van der Waals surface area (Å²) in [5.41, 5.74) is 1.08. The number of carboxylic acid groups (broad SMARTS) is 1. The standard InChI is InChI=1S/C16H22N2O3S/c1-11-17-12(10-22-11)3-2-4-14(19)18-7-5-16(6-8-18)9-13(16)15(20)21/h10,13H,2-9H2,1H3,(H,20,21). The molecule has 22 heavy (non-hydrogen) atoms. The van der Waals surface area contributed by atoms with Crippen LogP contribution in [0.5, 0.6) is 0 Å². The SMILES string of the molecule is Cc1nc(CCCC(=O)N2CCC3(CC2)CC3C(=O)O)cs1. The molecule has 1 aromatic rings. The number of rotatable bonds is 5. The molecule has 0 radical (unpaired) electrons. The van der Waals surface area contributed by atoms with E-state index in [0.717, 1.165) is 55.9 Å². The third-order valence-electron chi connectivity index (χ3n) is 5.09. The fourth-order valence-corrected chi connectivity index (χ4v) is 4.20. The van der Waals surface area contributed by atoms with E-state index in [0.29, 0.717) is 6.42 Å². The highest BCUT2D eigenvalue weighted by Gasteiger charge is 2.59. The van der Waals surface area contributed by atoms with Gasteiger partial charge in [-0.25, -0.2) is 4.98 Å². The maximum atomic E-state index is 12.2. The van der Waals surface area contributed by atoms with Crippen LogP contribution in [0.3, 0.4) is 0 Å². The summed E-state index contributed by atoms with van der Waals surface area (Å²) in [6, 6.07) is 0. The molecule has 1 aliphatic carbocycles. The van der Waals surface area contributed by atoms with Gasteiger partial charge in [0.25, 0.3) is 0 Å². The van der Waals surface area contributed by atoms with Crippen LogP contribution in [0.1, 0.15) is 42.8 Å². The number of nitrogens with zero attached hydrogens (tertiary/aromatic N) is 2. The van der Waals surface area contributed by atoms with Crippen molar-refractivity contribution < 1.29 is 14.7 Å². The molecule has 2 heterocycles. The first-order chi connectivity index (χ1) is 10.5. The maximum absolute atomic E-state index is 12.2. The molecule has 1 aromatic heterocycles. The van der Waals surface area contributed by atoms with E-state index in [2.05, 4.69) is 10.4 Å². The molecule has 1 saturated carbocycles. The predicted molar refractivity (Wildman–Crippen MR) is 83.8 cm³/mol. The van der Waals surface area contributed by atoms with Crippen molar-refractivity contribution >= 4 is 23.2 Å². The number of thiazole rings is 1. The van der Waals surface area contributed by atoms with E-state index in [9.17, 15) is 9.59 Å². The third kappa shape index (κ3) is 3.16. The second-order valence-electron chi connectivity index (χ2n) is 6.55. The van der Waals surface area contributed by atoms with E-state index in [1.165, 1.54) is 0 Å². The quantitative estimate of drug-likeness (QED) is 0.904. The number of hydrogen-bond donors (Lipinski definition) is 1. The number of hydrogen-bond acceptors (Lipinski definition) is 4. The van der Waals surface area contributed by atoms with Gasteiger partial charge in [-0.05, 0) is 44.4 Å². The molecule has 1 unspecified atom stereocenters. The molecule has 0 bridgehead atoms. The normalized spacial score (nSPS) is 22.8. The summed E-state index contributed by atoms with van der Waals surface area (Å²) in [4.78, 5) is 29.6. The number of aliphatic carboxylic acids is 1. The first-order valence-electron chi connectivity index (χ1n) is 7.92. The van der Waals surface area contributed by atoms with Gasteiger partial charge in [0.1, 0.15) is 0 Å². The fraction of sp³-hybridized carbons (Fsp3) is 0.688. The van der Waals surface area contributed by atoms with Crippen LogP contribution in [0.4, 0.5) is 0 Å². The zero-order chi connectivity index (χ0) is 15.7. The van der Waals surface area contributed by atoms with Gasteiger partial charge in [0.2, 0.25) is 5.91 Å². The molecule has 1 amide bonds. The van der Waals surface area contributed by atoms with E-state index in [1.807, 2.05) is 11.8 Å². The van der Waals surface area contributed by atoms with Gasteiger partial charge in [-0.3, -0.25) is 9.59 Å². The number of aromatic nitrogens is 1. The van der Waals surface area contributed by atoms with Crippen molar-refractivity contribution in [1.29, 1.82) is 0 Å². The lowest BCUT2D eigenvalue weighted by molar-refractivity contribution is -0.139. The molecule has 1 saturated heterocycles. The van der Waals surface area contributed by atoms with E-state index < -0.39 is 5.97 Å². The Labute approximate surface area is 134 Å². The highest BCUT2D eigenvalue weighted by molar-refractivity contribution is 7.09. The Kier molecular flexibility index (Phi) is 4.21. The number of carboxylic acids is 1. The van der Waals surface area contributed by atoms with Crippen LogP contribution in [-0.2, 0) is 16.0 Å². The number of aryl methyl sites for hydroxylation is 2. The van der Waals surface area contributed by atoms with E-state index in [1.54, 1.807) is 11.3 Å². The van der Waals surface area contributed by atoms with Gasteiger partial charge in [-0.2, -0.15) is 0 Å². The fourth-order valence-electron chi connectivity index (χ4n) is 3.55. The molecule has 1 N–H and O–H groups in total. The highest BCUT2D eigenvalue weighted by atomic mass is 32.1. The topological polar surface area (TPSA) is 70.5 Å². The van der Waals surface area contributed by atoms with Crippen LogP contribution < -0.4 is 0 Å². The van der Waals surface area contributed by atoms with Gasteiger partial charge < -0.3 is 10.0 Å². The van der Waals surface area contributed by atoms with E-state index in [4.69, 9.17) is 5.11 Å². The van der Waals surface area contributed by atoms with Gasteiger partial charge in [-0.1, -0.05) is 0 Å². The van der Waals surface area contributed by atoms with Gasteiger partial charge in [0.05, 0.1) is 16.6 Å². The van der Waals surface area contributed by atoms with Crippen molar-refractivity contribution in [3.05, 3.63) is 16.1 Å². The summed E-state index contributed by atoms with van der Waals surface area (Å²) in [6.45, 7) is 3.43. The van der Waals surface area contributed by atoms with Crippen LogP contribution in [0.15, 0.2) is 5.38 Å². The lowest BCUT2D eigenvalue weighted by atomic mass is 9.90. The summed E-state index contributed by atoms with van der Waals surface area (Å²) in [6.07, 6.45) is 4.75. The van der Waals surface area contributed by atoms with Crippen molar-refractivity contribution in [1.82, 2.24) is 9.88 Å². The maximum Gasteiger partial charge on any atom is 0.307 e. The van der Waals surface area contributed by atoms with E-state index in [-0.39, 0.29) is 17.2 Å². The average molecular weight is 322 g/mol. The Hall–Kier alpha value is -1.43. The summed E-state index contributed by atoms with van der Waals surface area (Å²) in [7, 11) is 0. The van der Waals surface area contributed by atoms with Gasteiger partial charge in [0, 0.05) is 24.9 Å². The Morgan fingerprint density at radius 2 is 2.18 bits per heavy atom. The van der Waals surface area contributed by atoms with Gasteiger partial charge >= 0.3 is 5.97 Å². The first-order valence-corrected chi connectivity index (χ1v) is 8.80.